The second-order valence-corrected chi connectivity index (χ2v) is 9.91. The van der Waals surface area contributed by atoms with Crippen molar-refractivity contribution in [3.05, 3.63) is 26.7 Å². The fraction of sp³-hybridized carbons (Fsp3) is 0.667. The quantitative estimate of drug-likeness (QED) is 0.539. The van der Waals surface area contributed by atoms with E-state index in [9.17, 15) is 14.4 Å². The Balaban J connectivity index is 1.44. The van der Waals surface area contributed by atoms with Gasteiger partial charge in [0.05, 0.1) is 5.75 Å². The van der Waals surface area contributed by atoms with Crippen LogP contribution in [-0.4, -0.2) is 37.2 Å². The molecule has 0 saturated heterocycles. The fourth-order valence-corrected chi connectivity index (χ4v) is 5.18. The molecule has 0 unspecified atom stereocenters. The van der Waals surface area contributed by atoms with Crippen molar-refractivity contribution in [2.24, 2.45) is 5.92 Å². The van der Waals surface area contributed by atoms with E-state index in [0.717, 1.165) is 44.9 Å². The van der Waals surface area contributed by atoms with Gasteiger partial charge in [-0.05, 0) is 44.4 Å². The summed E-state index contributed by atoms with van der Waals surface area (Å²) in [7, 11) is 0. The Morgan fingerprint density at radius 1 is 1.13 bits per heavy atom. The summed E-state index contributed by atoms with van der Waals surface area (Å²) in [5.74, 6) is 1.62. The fourth-order valence-electron chi connectivity index (χ4n) is 4.35. The smallest absolute Gasteiger partial charge is 0.330 e. The summed E-state index contributed by atoms with van der Waals surface area (Å²) in [6, 6.07) is 0.312. The van der Waals surface area contributed by atoms with Gasteiger partial charge in [0.15, 0.2) is 5.65 Å². The lowest BCUT2D eigenvalue weighted by Crippen LogP contribution is -2.41. The Morgan fingerprint density at radius 2 is 1.90 bits per heavy atom. The third-order valence-corrected chi connectivity index (χ3v) is 7.40. The Morgan fingerprint density at radius 3 is 2.60 bits per heavy atom. The van der Waals surface area contributed by atoms with Crippen LogP contribution >= 0.6 is 11.8 Å². The molecule has 0 aromatic carbocycles. The Labute approximate surface area is 178 Å². The monoisotopic (exact) mass is 429 g/mol. The molecule has 3 aliphatic rings. The summed E-state index contributed by atoms with van der Waals surface area (Å²) in [4.78, 5) is 49.4. The van der Waals surface area contributed by atoms with E-state index in [4.69, 9.17) is 0 Å². The molecule has 3 fully saturated rings. The summed E-state index contributed by atoms with van der Waals surface area (Å²) < 4.78 is 1.61. The van der Waals surface area contributed by atoms with Gasteiger partial charge < -0.3 is 5.32 Å². The molecule has 2 heterocycles. The molecule has 2 N–H and O–H groups in total. The number of carbonyl (C=O) groups is 1. The SMILES string of the molecule is C[C@H]1CCCC[C@H]1NC(=O)CSc1nc(C2CC2)nc2c1c(=O)[nH]c(=O)n2C1CC1. The molecule has 9 heteroatoms. The van der Waals surface area contributed by atoms with E-state index < -0.39 is 11.2 Å². The van der Waals surface area contributed by atoms with E-state index in [0.29, 0.717) is 27.8 Å². The van der Waals surface area contributed by atoms with Gasteiger partial charge in [-0.15, -0.1) is 0 Å². The van der Waals surface area contributed by atoms with E-state index in [2.05, 4.69) is 27.2 Å². The average Bonchev–Trinajstić information content (AvgIpc) is 3.61. The van der Waals surface area contributed by atoms with E-state index in [1.165, 1.54) is 18.2 Å². The molecule has 0 bridgehead atoms. The number of amides is 1. The maximum absolute atomic E-state index is 12.7. The lowest BCUT2D eigenvalue weighted by atomic mass is 9.86. The molecule has 3 saturated carbocycles. The zero-order chi connectivity index (χ0) is 20.8. The van der Waals surface area contributed by atoms with Crippen molar-refractivity contribution in [2.45, 2.75) is 81.3 Å². The number of rotatable bonds is 6. The van der Waals surface area contributed by atoms with Crippen LogP contribution in [0.3, 0.4) is 0 Å². The van der Waals surface area contributed by atoms with Gasteiger partial charge in [0, 0.05) is 18.0 Å². The molecule has 5 rings (SSSR count). The molecule has 8 nitrogen and oxygen atoms in total. The third-order valence-electron chi connectivity index (χ3n) is 6.42. The average molecular weight is 430 g/mol. The predicted molar refractivity (Wildman–Crippen MR) is 115 cm³/mol. The number of hydrogen-bond donors (Lipinski definition) is 2. The second kappa shape index (κ2) is 7.83. The molecule has 1 amide bonds. The van der Waals surface area contributed by atoms with Crippen LogP contribution in [0.1, 0.15) is 76.1 Å². The lowest BCUT2D eigenvalue weighted by Gasteiger charge is -2.29. The highest BCUT2D eigenvalue weighted by Gasteiger charge is 2.32. The van der Waals surface area contributed by atoms with Gasteiger partial charge in [0.1, 0.15) is 16.2 Å². The first-order valence-electron chi connectivity index (χ1n) is 11.0. The van der Waals surface area contributed by atoms with Gasteiger partial charge in [0.25, 0.3) is 5.56 Å². The Kier molecular flexibility index (Phi) is 5.16. The number of hydrogen-bond acceptors (Lipinski definition) is 6. The third kappa shape index (κ3) is 3.91. The number of aromatic nitrogens is 4. The zero-order valence-corrected chi connectivity index (χ0v) is 18.0. The second-order valence-electron chi connectivity index (χ2n) is 8.94. The first-order chi connectivity index (χ1) is 14.5. The van der Waals surface area contributed by atoms with E-state index >= 15 is 0 Å². The highest BCUT2D eigenvalue weighted by atomic mass is 32.2. The van der Waals surface area contributed by atoms with Crippen LogP contribution < -0.4 is 16.6 Å². The summed E-state index contributed by atoms with van der Waals surface area (Å²) in [5, 5.41) is 3.99. The molecular formula is C21H27N5O3S. The number of nitrogens with zero attached hydrogens (tertiary/aromatic N) is 3. The molecule has 2 aromatic heterocycles. The molecular weight excluding hydrogens is 402 g/mol. The summed E-state index contributed by atoms with van der Waals surface area (Å²) in [6.07, 6.45) is 8.41. The number of carbonyl (C=O) groups excluding carboxylic acids is 1. The molecule has 2 aromatic rings. The maximum atomic E-state index is 12.7. The van der Waals surface area contributed by atoms with E-state index in [1.807, 2.05) is 0 Å². The van der Waals surface area contributed by atoms with Gasteiger partial charge in [-0.1, -0.05) is 31.5 Å². The molecule has 0 aliphatic heterocycles. The summed E-state index contributed by atoms with van der Waals surface area (Å²) in [5.41, 5.74) is -0.458. The molecule has 0 radical (unpaired) electrons. The van der Waals surface area contributed by atoms with Crippen LogP contribution in [0.25, 0.3) is 11.0 Å². The van der Waals surface area contributed by atoms with Gasteiger partial charge in [0.2, 0.25) is 5.91 Å². The van der Waals surface area contributed by atoms with E-state index in [1.54, 1.807) is 4.57 Å². The molecule has 30 heavy (non-hydrogen) atoms. The predicted octanol–water partition coefficient (Wildman–Crippen LogP) is 2.48. The first-order valence-corrected chi connectivity index (χ1v) is 12.0. The summed E-state index contributed by atoms with van der Waals surface area (Å²) in [6.45, 7) is 2.19. The summed E-state index contributed by atoms with van der Waals surface area (Å²) >= 11 is 1.27. The minimum absolute atomic E-state index is 0.0366. The normalized spacial score (nSPS) is 24.2. The Hall–Kier alpha value is -2.16. The number of aromatic amines is 1. The van der Waals surface area contributed by atoms with Crippen molar-refractivity contribution >= 4 is 28.7 Å². The minimum atomic E-state index is -0.474. The highest BCUT2D eigenvalue weighted by Crippen LogP contribution is 2.40. The van der Waals surface area contributed by atoms with Crippen molar-refractivity contribution in [1.82, 2.24) is 24.8 Å². The number of nitrogens with one attached hydrogen (secondary N) is 2. The lowest BCUT2D eigenvalue weighted by molar-refractivity contribution is -0.119. The van der Waals surface area contributed by atoms with Gasteiger partial charge in [-0.25, -0.2) is 14.8 Å². The number of H-pyrrole nitrogens is 1. The standard InChI is InChI=1S/C21H27N5O3S/c1-11-4-2-3-5-14(11)22-15(27)10-30-20-16-18(23-17(24-20)12-6-7-12)26(13-8-9-13)21(29)25-19(16)28/h11-14H,2-10H2,1H3,(H,22,27)(H,25,28,29)/t11-,14+/m0/s1. The van der Waals surface area contributed by atoms with Crippen molar-refractivity contribution in [3.63, 3.8) is 0 Å². The largest absolute Gasteiger partial charge is 0.352 e. The van der Waals surface area contributed by atoms with Crippen molar-refractivity contribution in [1.29, 1.82) is 0 Å². The van der Waals surface area contributed by atoms with Crippen LogP contribution in [0, 0.1) is 5.92 Å². The van der Waals surface area contributed by atoms with E-state index in [-0.39, 0.29) is 29.7 Å². The number of thioether (sulfide) groups is 1. The number of fused-ring (bicyclic) bond motifs is 1. The van der Waals surface area contributed by atoms with Crippen LogP contribution in [-0.2, 0) is 4.79 Å². The molecule has 3 aliphatic carbocycles. The maximum Gasteiger partial charge on any atom is 0.330 e. The van der Waals surface area contributed by atoms with Gasteiger partial charge >= 0.3 is 5.69 Å². The Bertz CT molecular complexity index is 1100. The van der Waals surface area contributed by atoms with Gasteiger partial charge in [-0.2, -0.15) is 0 Å². The van der Waals surface area contributed by atoms with Crippen LogP contribution in [0.15, 0.2) is 14.6 Å². The minimum Gasteiger partial charge on any atom is -0.352 e. The molecule has 0 spiro atoms. The van der Waals surface area contributed by atoms with Crippen LogP contribution in [0.4, 0.5) is 0 Å². The van der Waals surface area contributed by atoms with Crippen LogP contribution in [0.5, 0.6) is 0 Å². The first kappa shape index (κ1) is 19.8. The van der Waals surface area contributed by atoms with Crippen molar-refractivity contribution < 1.29 is 4.79 Å². The highest BCUT2D eigenvalue weighted by molar-refractivity contribution is 8.00. The topological polar surface area (TPSA) is 110 Å². The van der Waals surface area contributed by atoms with Crippen molar-refractivity contribution in [2.75, 3.05) is 5.75 Å². The van der Waals surface area contributed by atoms with Gasteiger partial charge in [-0.3, -0.25) is 19.1 Å². The molecule has 160 valence electrons. The van der Waals surface area contributed by atoms with Crippen LogP contribution in [0.2, 0.25) is 0 Å². The zero-order valence-electron chi connectivity index (χ0n) is 17.1. The molecule has 2 atom stereocenters. The van der Waals surface area contributed by atoms with Crippen molar-refractivity contribution in [3.8, 4) is 0 Å².